The number of halogens is 1. The molecular weight excluding hydrogens is 232 g/mol. The third-order valence-electron chi connectivity index (χ3n) is 3.21. The van der Waals surface area contributed by atoms with Crippen molar-refractivity contribution in [1.82, 2.24) is 0 Å². The van der Waals surface area contributed by atoms with Gasteiger partial charge in [-0.2, -0.15) is 0 Å². The van der Waals surface area contributed by atoms with E-state index < -0.39 is 0 Å². The van der Waals surface area contributed by atoms with Crippen LogP contribution >= 0.6 is 11.6 Å². The Labute approximate surface area is 106 Å². The molecule has 0 saturated carbocycles. The molecular formula is C15H13ClO. The molecule has 0 N–H and O–H groups in total. The van der Waals surface area contributed by atoms with Crippen LogP contribution in [0.15, 0.2) is 48.5 Å². The first-order chi connectivity index (χ1) is 8.33. The number of benzene rings is 2. The quantitative estimate of drug-likeness (QED) is 0.735. The van der Waals surface area contributed by atoms with E-state index in [2.05, 4.69) is 30.3 Å². The number of hydrogen-bond donors (Lipinski definition) is 0. The van der Waals surface area contributed by atoms with Crippen molar-refractivity contribution in [2.45, 2.75) is 12.3 Å². The van der Waals surface area contributed by atoms with Crippen molar-refractivity contribution in [3.63, 3.8) is 0 Å². The van der Waals surface area contributed by atoms with Crippen molar-refractivity contribution < 1.29 is 4.74 Å². The number of fused-ring (bicyclic) bond motifs is 1. The van der Waals surface area contributed by atoms with Crippen molar-refractivity contribution in [3.8, 4) is 5.75 Å². The Morgan fingerprint density at radius 3 is 2.71 bits per heavy atom. The molecule has 0 bridgehead atoms. The maximum absolute atomic E-state index is 5.95. The Bertz CT molecular complexity index is 522. The number of ether oxygens (including phenoxy) is 1. The van der Waals surface area contributed by atoms with E-state index in [0.29, 0.717) is 5.92 Å². The van der Waals surface area contributed by atoms with Gasteiger partial charge in [0, 0.05) is 10.9 Å². The van der Waals surface area contributed by atoms with E-state index in [4.69, 9.17) is 16.3 Å². The van der Waals surface area contributed by atoms with Crippen LogP contribution in [0.25, 0.3) is 0 Å². The Balaban J connectivity index is 1.88. The molecule has 0 aliphatic carbocycles. The van der Waals surface area contributed by atoms with E-state index in [1.165, 1.54) is 11.1 Å². The number of hydrogen-bond acceptors (Lipinski definition) is 1. The van der Waals surface area contributed by atoms with Crippen LogP contribution in [0.4, 0.5) is 0 Å². The molecule has 0 fully saturated rings. The minimum absolute atomic E-state index is 0.449. The van der Waals surface area contributed by atoms with Gasteiger partial charge in [0.25, 0.3) is 0 Å². The summed E-state index contributed by atoms with van der Waals surface area (Å²) >= 11 is 5.95. The summed E-state index contributed by atoms with van der Waals surface area (Å²) in [6, 6.07) is 16.4. The summed E-state index contributed by atoms with van der Waals surface area (Å²) in [6.07, 6.45) is 1.02. The summed E-state index contributed by atoms with van der Waals surface area (Å²) in [7, 11) is 0. The summed E-state index contributed by atoms with van der Waals surface area (Å²) in [5.41, 5.74) is 2.59. The molecule has 86 valence electrons. The first kappa shape index (κ1) is 10.7. The molecule has 0 amide bonds. The summed E-state index contributed by atoms with van der Waals surface area (Å²) in [6.45, 7) is 0.733. The molecule has 3 rings (SSSR count). The first-order valence-electron chi connectivity index (χ1n) is 5.79. The van der Waals surface area contributed by atoms with Gasteiger partial charge in [-0.1, -0.05) is 48.0 Å². The third kappa shape index (κ3) is 2.16. The molecule has 0 aromatic heterocycles. The van der Waals surface area contributed by atoms with Gasteiger partial charge in [-0.25, -0.2) is 0 Å². The van der Waals surface area contributed by atoms with Gasteiger partial charge < -0.3 is 4.74 Å². The van der Waals surface area contributed by atoms with E-state index in [9.17, 15) is 0 Å². The van der Waals surface area contributed by atoms with E-state index in [1.54, 1.807) is 0 Å². The van der Waals surface area contributed by atoms with Gasteiger partial charge >= 0.3 is 0 Å². The molecule has 1 nitrogen and oxygen atoms in total. The van der Waals surface area contributed by atoms with E-state index in [1.807, 2.05) is 18.2 Å². The standard InChI is InChI=1S/C15H13ClO/c16-14-7-6-12-8-13(10-17-15(12)9-14)11-4-2-1-3-5-11/h1-7,9,13H,8,10H2/t13-/m1/s1. The van der Waals surface area contributed by atoms with Gasteiger partial charge in [0.05, 0.1) is 6.61 Å². The van der Waals surface area contributed by atoms with Crippen LogP contribution in [-0.4, -0.2) is 6.61 Å². The van der Waals surface area contributed by atoms with E-state index in [0.717, 1.165) is 23.8 Å². The largest absolute Gasteiger partial charge is 0.493 e. The number of rotatable bonds is 1. The van der Waals surface area contributed by atoms with Crippen LogP contribution in [-0.2, 0) is 6.42 Å². The average molecular weight is 245 g/mol. The Morgan fingerprint density at radius 1 is 1.06 bits per heavy atom. The second kappa shape index (κ2) is 4.42. The first-order valence-corrected chi connectivity index (χ1v) is 6.17. The Morgan fingerprint density at radius 2 is 1.88 bits per heavy atom. The summed E-state index contributed by atoms with van der Waals surface area (Å²) in [4.78, 5) is 0. The zero-order chi connectivity index (χ0) is 11.7. The van der Waals surface area contributed by atoms with Crippen LogP contribution in [0.5, 0.6) is 5.75 Å². The SMILES string of the molecule is Clc1ccc2c(c1)OC[C@H](c1ccccc1)C2. The molecule has 0 radical (unpaired) electrons. The monoisotopic (exact) mass is 244 g/mol. The van der Waals surface area contributed by atoms with Crippen molar-refractivity contribution in [3.05, 3.63) is 64.7 Å². The predicted octanol–water partition coefficient (Wildman–Crippen LogP) is 4.06. The molecule has 17 heavy (non-hydrogen) atoms. The second-order valence-electron chi connectivity index (χ2n) is 4.37. The zero-order valence-electron chi connectivity index (χ0n) is 9.40. The third-order valence-corrected chi connectivity index (χ3v) is 3.44. The molecule has 0 saturated heterocycles. The maximum Gasteiger partial charge on any atom is 0.124 e. The lowest BCUT2D eigenvalue weighted by molar-refractivity contribution is 0.262. The second-order valence-corrected chi connectivity index (χ2v) is 4.81. The molecule has 1 aliphatic heterocycles. The average Bonchev–Trinajstić information content (AvgIpc) is 2.39. The fraction of sp³-hybridized carbons (Fsp3) is 0.200. The van der Waals surface area contributed by atoms with Gasteiger partial charge in [0.1, 0.15) is 5.75 Å². The zero-order valence-corrected chi connectivity index (χ0v) is 10.2. The minimum atomic E-state index is 0.449. The van der Waals surface area contributed by atoms with E-state index in [-0.39, 0.29) is 0 Å². The molecule has 1 atom stereocenters. The molecule has 2 aromatic rings. The summed E-state index contributed by atoms with van der Waals surface area (Å²) in [5.74, 6) is 1.38. The highest BCUT2D eigenvalue weighted by Gasteiger charge is 2.21. The van der Waals surface area contributed by atoms with Gasteiger partial charge in [-0.3, -0.25) is 0 Å². The van der Waals surface area contributed by atoms with Gasteiger partial charge in [0.15, 0.2) is 0 Å². The Kier molecular flexibility index (Phi) is 2.77. The lowest BCUT2D eigenvalue weighted by atomic mass is 9.90. The van der Waals surface area contributed by atoms with Crippen LogP contribution in [0.1, 0.15) is 17.0 Å². The van der Waals surface area contributed by atoms with Crippen LogP contribution in [0.3, 0.4) is 0 Å². The van der Waals surface area contributed by atoms with Gasteiger partial charge in [-0.05, 0) is 29.7 Å². The summed E-state index contributed by atoms with van der Waals surface area (Å²) < 4.78 is 5.79. The molecule has 1 heterocycles. The fourth-order valence-corrected chi connectivity index (χ4v) is 2.45. The van der Waals surface area contributed by atoms with E-state index >= 15 is 0 Å². The van der Waals surface area contributed by atoms with Gasteiger partial charge in [-0.15, -0.1) is 0 Å². The molecule has 2 heteroatoms. The van der Waals surface area contributed by atoms with Crippen LogP contribution < -0.4 is 4.74 Å². The molecule has 2 aromatic carbocycles. The molecule has 0 unspecified atom stereocenters. The highest BCUT2D eigenvalue weighted by molar-refractivity contribution is 6.30. The lowest BCUT2D eigenvalue weighted by Gasteiger charge is -2.25. The van der Waals surface area contributed by atoms with Crippen molar-refractivity contribution in [2.75, 3.05) is 6.61 Å². The van der Waals surface area contributed by atoms with Crippen molar-refractivity contribution >= 4 is 11.6 Å². The van der Waals surface area contributed by atoms with Crippen molar-refractivity contribution in [2.24, 2.45) is 0 Å². The fourth-order valence-electron chi connectivity index (χ4n) is 2.29. The minimum Gasteiger partial charge on any atom is -0.493 e. The van der Waals surface area contributed by atoms with Crippen LogP contribution in [0.2, 0.25) is 5.02 Å². The Hall–Kier alpha value is -1.47. The van der Waals surface area contributed by atoms with Crippen molar-refractivity contribution in [1.29, 1.82) is 0 Å². The highest BCUT2D eigenvalue weighted by Crippen LogP contribution is 2.33. The summed E-state index contributed by atoms with van der Waals surface area (Å²) in [5, 5.41) is 0.738. The predicted molar refractivity (Wildman–Crippen MR) is 69.8 cm³/mol. The highest BCUT2D eigenvalue weighted by atomic mass is 35.5. The lowest BCUT2D eigenvalue weighted by Crippen LogP contribution is -2.19. The molecule has 1 aliphatic rings. The van der Waals surface area contributed by atoms with Crippen LogP contribution in [0, 0.1) is 0 Å². The normalized spacial score (nSPS) is 18.3. The van der Waals surface area contributed by atoms with Gasteiger partial charge in [0.2, 0.25) is 0 Å². The maximum atomic E-state index is 5.95. The topological polar surface area (TPSA) is 9.23 Å². The smallest absolute Gasteiger partial charge is 0.124 e. The molecule has 0 spiro atoms.